The molecule has 0 fully saturated rings. The van der Waals surface area contributed by atoms with Gasteiger partial charge < -0.3 is 15.0 Å². The molecule has 3 aromatic rings. The van der Waals surface area contributed by atoms with Gasteiger partial charge in [-0.2, -0.15) is 0 Å². The molecule has 0 unspecified atom stereocenters. The highest BCUT2D eigenvalue weighted by molar-refractivity contribution is 6.02. The Bertz CT molecular complexity index is 1000. The lowest BCUT2D eigenvalue weighted by atomic mass is 10.00. The molecule has 0 atom stereocenters. The highest BCUT2D eigenvalue weighted by atomic mass is 16.5. The van der Waals surface area contributed by atoms with Crippen LogP contribution in [0.4, 0.5) is 0 Å². The van der Waals surface area contributed by atoms with Crippen LogP contribution in [0.5, 0.6) is 5.75 Å². The van der Waals surface area contributed by atoms with Gasteiger partial charge in [0, 0.05) is 30.4 Å². The van der Waals surface area contributed by atoms with E-state index >= 15 is 0 Å². The second-order valence-electron chi connectivity index (χ2n) is 6.79. The quantitative estimate of drug-likeness (QED) is 0.521. The minimum atomic E-state index is -0.446. The van der Waals surface area contributed by atoms with Crippen LogP contribution < -0.4 is 10.5 Å². The van der Waals surface area contributed by atoms with Crippen LogP contribution in [0, 0.1) is 13.8 Å². The largest absolute Gasteiger partial charge is 0.427 e. The van der Waals surface area contributed by atoms with E-state index in [0.29, 0.717) is 11.3 Å². The molecule has 5 nitrogen and oxygen atoms in total. The second-order valence-corrected chi connectivity index (χ2v) is 6.79. The molecule has 28 heavy (non-hydrogen) atoms. The maximum absolute atomic E-state index is 12.2. The Kier molecular flexibility index (Phi) is 5.64. The lowest BCUT2D eigenvalue weighted by molar-refractivity contribution is -0.131. The van der Waals surface area contributed by atoms with E-state index in [1.807, 2.05) is 44.2 Å². The summed E-state index contributed by atoms with van der Waals surface area (Å²) < 4.78 is 7.24. The Morgan fingerprint density at radius 3 is 2.18 bits per heavy atom. The first-order chi connectivity index (χ1) is 13.4. The first kappa shape index (κ1) is 19.4. The minimum Gasteiger partial charge on any atom is -0.427 e. The number of nitrogens with two attached hydrogens (primary N) is 1. The Labute approximate surface area is 164 Å². The summed E-state index contributed by atoms with van der Waals surface area (Å²) in [5.41, 5.74) is 11.0. The predicted molar refractivity (Wildman–Crippen MR) is 109 cm³/mol. The van der Waals surface area contributed by atoms with Crippen LogP contribution in [-0.4, -0.2) is 16.4 Å². The summed E-state index contributed by atoms with van der Waals surface area (Å²) in [6, 6.07) is 17.4. The molecule has 0 saturated heterocycles. The van der Waals surface area contributed by atoms with Gasteiger partial charge in [-0.3, -0.25) is 9.59 Å². The third kappa shape index (κ3) is 3.98. The van der Waals surface area contributed by atoms with Crippen LogP contribution in [0.1, 0.15) is 34.2 Å². The third-order valence-electron chi connectivity index (χ3n) is 4.90. The van der Waals surface area contributed by atoms with Crippen LogP contribution in [0.15, 0.2) is 54.6 Å². The summed E-state index contributed by atoms with van der Waals surface area (Å²) in [5, 5.41) is 0. The molecule has 0 bridgehead atoms. The summed E-state index contributed by atoms with van der Waals surface area (Å²) in [6.07, 6.45) is 0.861. The number of esters is 1. The van der Waals surface area contributed by atoms with Crippen molar-refractivity contribution in [2.45, 2.75) is 33.7 Å². The summed E-state index contributed by atoms with van der Waals surface area (Å²) in [6.45, 7) is 6.04. The Balaban J connectivity index is 1.98. The molecule has 2 aromatic carbocycles. The van der Waals surface area contributed by atoms with Crippen molar-refractivity contribution in [1.29, 1.82) is 0 Å². The van der Waals surface area contributed by atoms with Crippen molar-refractivity contribution in [1.82, 2.24) is 4.57 Å². The van der Waals surface area contributed by atoms with E-state index in [1.54, 1.807) is 12.1 Å². The van der Waals surface area contributed by atoms with Gasteiger partial charge in [-0.1, -0.05) is 42.5 Å². The molecule has 1 heterocycles. The molecule has 0 aliphatic rings. The maximum atomic E-state index is 12.2. The molecule has 0 aliphatic carbocycles. The number of carbonyl (C=O) groups is 2. The number of hydrogen-bond acceptors (Lipinski definition) is 3. The van der Waals surface area contributed by atoms with Crippen LogP contribution in [0.25, 0.3) is 11.1 Å². The van der Waals surface area contributed by atoms with Crippen molar-refractivity contribution >= 4 is 11.9 Å². The van der Waals surface area contributed by atoms with Gasteiger partial charge in [-0.25, -0.2) is 0 Å². The zero-order chi connectivity index (χ0) is 20.3. The van der Waals surface area contributed by atoms with E-state index in [2.05, 4.69) is 16.7 Å². The van der Waals surface area contributed by atoms with E-state index in [0.717, 1.165) is 35.5 Å². The van der Waals surface area contributed by atoms with Gasteiger partial charge in [0.25, 0.3) is 5.91 Å². The van der Waals surface area contributed by atoms with Crippen molar-refractivity contribution in [3.63, 3.8) is 0 Å². The Hall–Kier alpha value is -3.34. The number of nitrogens with zero attached hydrogens (tertiary/aromatic N) is 1. The number of ether oxygens (including phenoxy) is 1. The van der Waals surface area contributed by atoms with Crippen molar-refractivity contribution in [2.24, 2.45) is 5.73 Å². The number of benzene rings is 2. The average molecular weight is 376 g/mol. The smallest absolute Gasteiger partial charge is 0.308 e. The number of primary amides is 1. The van der Waals surface area contributed by atoms with Crippen molar-refractivity contribution < 1.29 is 14.3 Å². The first-order valence-corrected chi connectivity index (χ1v) is 9.20. The maximum Gasteiger partial charge on any atom is 0.308 e. The van der Waals surface area contributed by atoms with Crippen LogP contribution in [0.3, 0.4) is 0 Å². The summed E-state index contributed by atoms with van der Waals surface area (Å²) >= 11 is 0. The first-order valence-electron chi connectivity index (χ1n) is 9.20. The van der Waals surface area contributed by atoms with E-state index in [9.17, 15) is 9.59 Å². The van der Waals surface area contributed by atoms with Gasteiger partial charge in [0.05, 0.1) is 5.56 Å². The number of aryl methyl sites for hydroxylation is 1. The van der Waals surface area contributed by atoms with Crippen LogP contribution in [0.2, 0.25) is 0 Å². The highest BCUT2D eigenvalue weighted by Crippen LogP contribution is 2.33. The molecule has 144 valence electrons. The van der Waals surface area contributed by atoms with Crippen molar-refractivity contribution in [3.05, 3.63) is 77.1 Å². The number of rotatable bonds is 6. The summed E-state index contributed by atoms with van der Waals surface area (Å²) in [7, 11) is 0. The van der Waals surface area contributed by atoms with E-state index in [1.165, 1.54) is 12.5 Å². The second kappa shape index (κ2) is 8.13. The molecular weight excluding hydrogens is 352 g/mol. The molecule has 3 rings (SSSR count). The predicted octanol–water partition coefficient (Wildman–Crippen LogP) is 4.04. The summed E-state index contributed by atoms with van der Waals surface area (Å²) in [4.78, 5) is 23.3. The fourth-order valence-corrected chi connectivity index (χ4v) is 3.61. The molecule has 1 aromatic heterocycles. The van der Waals surface area contributed by atoms with Gasteiger partial charge in [0.15, 0.2) is 0 Å². The average Bonchev–Trinajstić information content (AvgIpc) is 2.91. The Morgan fingerprint density at radius 2 is 1.61 bits per heavy atom. The fourth-order valence-electron chi connectivity index (χ4n) is 3.61. The van der Waals surface area contributed by atoms with Gasteiger partial charge in [-0.15, -0.1) is 0 Å². The van der Waals surface area contributed by atoms with Crippen molar-refractivity contribution in [3.8, 4) is 16.9 Å². The standard InChI is InChI=1S/C23H24N2O3/c1-15-21(19-9-11-20(12-10-19)28-17(3)26)22(23(24)27)16(2)25(15)14-13-18-7-5-4-6-8-18/h4-12H,13-14H2,1-3H3,(H2,24,27). The fraction of sp³-hybridized carbons (Fsp3) is 0.217. The SMILES string of the molecule is CC(=O)Oc1ccc(-c2c(C(N)=O)c(C)n(CCc3ccccc3)c2C)cc1. The molecule has 2 N–H and O–H groups in total. The monoisotopic (exact) mass is 376 g/mol. The van der Waals surface area contributed by atoms with Gasteiger partial charge in [0.2, 0.25) is 0 Å². The summed E-state index contributed by atoms with van der Waals surface area (Å²) in [5.74, 6) is -0.349. The zero-order valence-corrected chi connectivity index (χ0v) is 16.4. The highest BCUT2D eigenvalue weighted by Gasteiger charge is 2.22. The molecule has 0 radical (unpaired) electrons. The molecule has 0 spiro atoms. The van der Waals surface area contributed by atoms with Gasteiger partial charge in [0.1, 0.15) is 5.75 Å². The normalized spacial score (nSPS) is 10.7. The molecule has 1 amide bonds. The number of carbonyl (C=O) groups excluding carboxylic acids is 2. The molecule has 5 heteroatoms. The Morgan fingerprint density at radius 1 is 0.964 bits per heavy atom. The zero-order valence-electron chi connectivity index (χ0n) is 16.4. The third-order valence-corrected chi connectivity index (χ3v) is 4.90. The minimum absolute atomic E-state index is 0.371. The lowest BCUT2D eigenvalue weighted by Crippen LogP contribution is -2.13. The van der Waals surface area contributed by atoms with Crippen molar-refractivity contribution in [2.75, 3.05) is 0 Å². The van der Waals surface area contributed by atoms with Gasteiger partial charge in [-0.05, 0) is 43.5 Å². The van der Waals surface area contributed by atoms with E-state index < -0.39 is 5.91 Å². The van der Waals surface area contributed by atoms with E-state index in [-0.39, 0.29) is 5.97 Å². The number of hydrogen-bond donors (Lipinski definition) is 1. The van der Waals surface area contributed by atoms with Crippen LogP contribution >= 0.6 is 0 Å². The number of amides is 1. The topological polar surface area (TPSA) is 74.3 Å². The molecule has 0 saturated carbocycles. The van der Waals surface area contributed by atoms with E-state index in [4.69, 9.17) is 10.5 Å². The number of aromatic nitrogens is 1. The van der Waals surface area contributed by atoms with Gasteiger partial charge >= 0.3 is 5.97 Å². The van der Waals surface area contributed by atoms with Crippen LogP contribution in [-0.2, 0) is 17.8 Å². The molecular formula is C23H24N2O3. The molecule has 0 aliphatic heterocycles. The lowest BCUT2D eigenvalue weighted by Gasteiger charge is -2.10.